The third-order valence-corrected chi connectivity index (χ3v) is 8.90. The number of imide groups is 2. The minimum absolute atomic E-state index is 0.00546. The minimum atomic E-state index is -1.15. The molecule has 0 saturated carbocycles. The molecule has 1 aromatic heterocycles. The number of fused-ring (bicyclic) bond motifs is 2. The monoisotopic (exact) mass is 608 g/mol. The molecule has 3 aromatic carbocycles. The Labute approximate surface area is 256 Å². The molecule has 2 fully saturated rings. The van der Waals surface area contributed by atoms with Gasteiger partial charge in [-0.05, 0) is 73.2 Å². The van der Waals surface area contributed by atoms with Crippen LogP contribution < -0.4 is 11.1 Å². The number of likely N-dealkylation sites (tertiary alicyclic amines) is 1. The lowest BCUT2D eigenvalue weighted by Crippen LogP contribution is -2.54. The van der Waals surface area contributed by atoms with E-state index >= 15 is 4.39 Å². The van der Waals surface area contributed by atoms with Gasteiger partial charge in [-0.15, -0.1) is 0 Å². The van der Waals surface area contributed by atoms with Crippen molar-refractivity contribution in [3.63, 3.8) is 0 Å². The first kappa shape index (κ1) is 28.5. The second-order valence-electron chi connectivity index (χ2n) is 11.8. The number of piperidine rings is 2. The molecule has 3 aliphatic heterocycles. The molecule has 12 heteroatoms. The molecule has 2 atom stereocenters. The van der Waals surface area contributed by atoms with Crippen molar-refractivity contribution >= 4 is 40.4 Å². The topological polar surface area (TPSA) is 148 Å². The molecule has 1 unspecified atom stereocenters. The Kier molecular flexibility index (Phi) is 7.00. The summed E-state index contributed by atoms with van der Waals surface area (Å²) in [5.74, 6) is -3.87. The maximum Gasteiger partial charge on any atom is 0.265 e. The fourth-order valence-corrected chi connectivity index (χ4v) is 6.70. The number of aromatic nitrogens is 2. The van der Waals surface area contributed by atoms with Gasteiger partial charge in [-0.25, -0.2) is 9.07 Å². The lowest BCUT2D eigenvalue weighted by molar-refractivity contribution is -0.136. The number of hydrogen-bond donors (Lipinski definition) is 2. The average Bonchev–Trinajstić information content (AvgIpc) is 3.56. The summed E-state index contributed by atoms with van der Waals surface area (Å²) >= 11 is 0. The highest BCUT2D eigenvalue weighted by molar-refractivity contribution is 6.23. The largest absolute Gasteiger partial charge is 0.366 e. The molecule has 7 rings (SSSR count). The van der Waals surface area contributed by atoms with Gasteiger partial charge < -0.3 is 5.73 Å². The van der Waals surface area contributed by atoms with Gasteiger partial charge in [-0.3, -0.25) is 39.1 Å². The van der Waals surface area contributed by atoms with Gasteiger partial charge in [0.1, 0.15) is 17.4 Å². The van der Waals surface area contributed by atoms with Gasteiger partial charge in [-0.2, -0.15) is 5.10 Å². The first-order valence-corrected chi connectivity index (χ1v) is 14.8. The van der Waals surface area contributed by atoms with Crippen molar-refractivity contribution in [3.05, 3.63) is 94.4 Å². The summed E-state index contributed by atoms with van der Waals surface area (Å²) in [6, 6.07) is 15.1. The Morgan fingerprint density at radius 1 is 1.02 bits per heavy atom. The molecule has 2 saturated heterocycles. The van der Waals surface area contributed by atoms with Crippen LogP contribution in [0, 0.1) is 5.82 Å². The van der Waals surface area contributed by atoms with E-state index in [-0.39, 0.29) is 29.9 Å². The first-order valence-electron chi connectivity index (χ1n) is 14.8. The highest BCUT2D eigenvalue weighted by atomic mass is 19.1. The Morgan fingerprint density at radius 2 is 1.82 bits per heavy atom. The zero-order valence-corrected chi connectivity index (χ0v) is 24.2. The van der Waals surface area contributed by atoms with E-state index in [4.69, 9.17) is 5.73 Å². The van der Waals surface area contributed by atoms with Crippen LogP contribution >= 0.6 is 0 Å². The first-order chi connectivity index (χ1) is 21.7. The SMILES string of the molecule is NC(=O)c1cccc2cn(-c3ccc([C@@H]4CCCN(Cc5cc(F)c6c(c5)C(=O)N(C5CCC(=O)NC5=O)C6=O)C4)cc3)nc12. The summed E-state index contributed by atoms with van der Waals surface area (Å²) in [5.41, 5.74) is 8.60. The molecule has 0 spiro atoms. The fraction of sp³-hybridized carbons (Fsp3) is 0.273. The maximum atomic E-state index is 15.3. The Bertz CT molecular complexity index is 1920. The Balaban J connectivity index is 1.06. The molecule has 228 valence electrons. The van der Waals surface area contributed by atoms with Gasteiger partial charge in [0.2, 0.25) is 11.8 Å². The third kappa shape index (κ3) is 5.06. The lowest BCUT2D eigenvalue weighted by atomic mass is 9.90. The number of nitrogens with zero attached hydrogens (tertiary/aromatic N) is 4. The Hall–Kier alpha value is -5.23. The summed E-state index contributed by atoms with van der Waals surface area (Å²) in [6.07, 6.45) is 3.78. The lowest BCUT2D eigenvalue weighted by Gasteiger charge is -2.33. The molecule has 3 aliphatic rings. The van der Waals surface area contributed by atoms with Crippen LogP contribution in [0.1, 0.15) is 73.8 Å². The number of rotatable bonds is 6. The molecule has 11 nitrogen and oxygen atoms in total. The van der Waals surface area contributed by atoms with Crippen molar-refractivity contribution in [2.75, 3.05) is 13.1 Å². The van der Waals surface area contributed by atoms with Crippen molar-refractivity contribution in [2.24, 2.45) is 5.73 Å². The standard InChI is InChI=1S/C33H29FN6O5/c34-25-14-18(13-24-28(25)33(45)40(32(24)44)26-10-11-27(41)36-31(26)43)15-38-12-2-4-20(16-38)19-6-8-22(9-7-19)39-17-21-3-1-5-23(30(35)42)29(21)37-39/h1,3,5-9,13-14,17,20,26H,2,4,10-12,15-16H2,(H2,35,42)(H,36,41,43)/t20-,26?/m1/s1. The van der Waals surface area contributed by atoms with Crippen molar-refractivity contribution in [1.82, 2.24) is 24.9 Å². The van der Waals surface area contributed by atoms with Gasteiger partial charge in [0.15, 0.2) is 0 Å². The molecule has 0 radical (unpaired) electrons. The van der Waals surface area contributed by atoms with Gasteiger partial charge in [0.25, 0.3) is 17.7 Å². The minimum Gasteiger partial charge on any atom is -0.366 e. The number of halogens is 1. The number of benzene rings is 3. The molecule has 0 aliphatic carbocycles. The van der Waals surface area contributed by atoms with Crippen LogP contribution in [-0.2, 0) is 16.1 Å². The average molecular weight is 609 g/mol. The van der Waals surface area contributed by atoms with Crippen LogP contribution in [0.5, 0.6) is 0 Å². The third-order valence-electron chi connectivity index (χ3n) is 8.90. The second kappa shape index (κ2) is 11.0. The van der Waals surface area contributed by atoms with Crippen LogP contribution in [0.25, 0.3) is 16.6 Å². The second-order valence-corrected chi connectivity index (χ2v) is 11.8. The predicted molar refractivity (Wildman–Crippen MR) is 160 cm³/mol. The summed E-state index contributed by atoms with van der Waals surface area (Å²) in [7, 11) is 0. The van der Waals surface area contributed by atoms with E-state index < -0.39 is 41.4 Å². The number of primary amides is 1. The van der Waals surface area contributed by atoms with Crippen molar-refractivity contribution < 1.29 is 28.4 Å². The zero-order valence-electron chi connectivity index (χ0n) is 24.2. The predicted octanol–water partition coefficient (Wildman–Crippen LogP) is 3.04. The van der Waals surface area contributed by atoms with E-state index in [1.54, 1.807) is 22.9 Å². The highest BCUT2D eigenvalue weighted by Gasteiger charge is 2.46. The molecule has 4 heterocycles. The van der Waals surface area contributed by atoms with Gasteiger partial charge in [-0.1, -0.05) is 24.3 Å². The van der Waals surface area contributed by atoms with E-state index in [1.165, 1.54) is 6.07 Å². The molecular formula is C33H29FN6O5. The number of carbonyl (C=O) groups excluding carboxylic acids is 5. The summed E-state index contributed by atoms with van der Waals surface area (Å²) in [4.78, 5) is 64.9. The molecular weight excluding hydrogens is 579 g/mol. The number of carbonyl (C=O) groups is 5. The molecule has 3 N–H and O–H groups in total. The van der Waals surface area contributed by atoms with E-state index in [1.807, 2.05) is 24.4 Å². The smallest absolute Gasteiger partial charge is 0.265 e. The summed E-state index contributed by atoms with van der Waals surface area (Å²) in [5, 5.41) is 7.55. The molecule has 45 heavy (non-hydrogen) atoms. The van der Waals surface area contributed by atoms with Gasteiger partial charge >= 0.3 is 0 Å². The van der Waals surface area contributed by atoms with Crippen molar-refractivity contribution in [1.29, 1.82) is 0 Å². The summed E-state index contributed by atoms with van der Waals surface area (Å²) in [6.45, 7) is 1.91. The van der Waals surface area contributed by atoms with Gasteiger partial charge in [0.05, 0.1) is 22.4 Å². The van der Waals surface area contributed by atoms with E-state index in [0.29, 0.717) is 23.2 Å². The number of nitrogens with two attached hydrogens (primary N) is 1. The van der Waals surface area contributed by atoms with Crippen molar-refractivity contribution in [3.8, 4) is 5.69 Å². The molecule has 5 amide bonds. The molecule has 0 bridgehead atoms. The number of nitrogens with one attached hydrogen (secondary N) is 1. The van der Waals surface area contributed by atoms with Crippen LogP contribution in [0.3, 0.4) is 0 Å². The van der Waals surface area contributed by atoms with E-state index in [0.717, 1.165) is 47.5 Å². The number of hydrogen-bond acceptors (Lipinski definition) is 7. The van der Waals surface area contributed by atoms with Crippen molar-refractivity contribution in [2.45, 2.75) is 44.2 Å². The maximum absolute atomic E-state index is 15.3. The fourth-order valence-electron chi connectivity index (χ4n) is 6.70. The van der Waals surface area contributed by atoms with E-state index in [9.17, 15) is 24.0 Å². The molecule has 4 aromatic rings. The summed E-state index contributed by atoms with van der Waals surface area (Å²) < 4.78 is 17.0. The van der Waals surface area contributed by atoms with Crippen LogP contribution in [0.4, 0.5) is 4.39 Å². The van der Waals surface area contributed by atoms with Crippen LogP contribution in [0.15, 0.2) is 60.8 Å². The number of amides is 5. The normalized spacial score (nSPS) is 20.5. The van der Waals surface area contributed by atoms with Crippen LogP contribution in [-0.4, -0.2) is 68.2 Å². The highest BCUT2D eigenvalue weighted by Crippen LogP contribution is 2.33. The zero-order chi connectivity index (χ0) is 31.4. The Morgan fingerprint density at radius 3 is 2.58 bits per heavy atom. The quantitative estimate of drug-likeness (QED) is 0.320. The van der Waals surface area contributed by atoms with E-state index in [2.05, 4.69) is 27.4 Å². The van der Waals surface area contributed by atoms with Crippen LogP contribution in [0.2, 0.25) is 0 Å². The van der Waals surface area contributed by atoms with Gasteiger partial charge in [0, 0.05) is 31.1 Å².